The van der Waals surface area contributed by atoms with E-state index in [0.29, 0.717) is 6.61 Å². The number of likely N-dealkylation sites (N-methyl/N-ethyl adjacent to an activating group) is 1. The Labute approximate surface area is 141 Å². The first-order valence-electron chi connectivity index (χ1n) is 7.06. The molecule has 21 heavy (non-hydrogen) atoms. The monoisotopic (exact) mass is 413 g/mol. The van der Waals surface area contributed by atoms with Crippen molar-refractivity contribution in [1.29, 1.82) is 0 Å². The molecule has 0 spiro atoms. The highest BCUT2D eigenvalue weighted by Crippen LogP contribution is 2.29. The van der Waals surface area contributed by atoms with Gasteiger partial charge < -0.3 is 14.4 Å². The SMILES string of the molecule is CC(I)COC(=O)N(C)CC(=O)OC(C)(C)CC(C)(C)C. The average Bonchev–Trinajstić information content (AvgIpc) is 2.20. The molecule has 1 amide bonds. The Bertz CT molecular complexity index is 361. The van der Waals surface area contributed by atoms with Crippen molar-refractivity contribution in [2.75, 3.05) is 20.2 Å². The number of carbonyl (C=O) groups is 2. The molecule has 0 aliphatic heterocycles. The molecule has 0 aromatic heterocycles. The second kappa shape index (κ2) is 8.19. The zero-order chi connectivity index (χ0) is 16.8. The van der Waals surface area contributed by atoms with Crippen LogP contribution in [0.2, 0.25) is 0 Å². The molecule has 0 saturated heterocycles. The maximum absolute atomic E-state index is 11.9. The van der Waals surface area contributed by atoms with Crippen LogP contribution < -0.4 is 0 Å². The van der Waals surface area contributed by atoms with Crippen molar-refractivity contribution in [2.45, 2.75) is 57.5 Å². The van der Waals surface area contributed by atoms with Crippen LogP contribution in [-0.4, -0.2) is 46.7 Å². The number of esters is 1. The summed E-state index contributed by atoms with van der Waals surface area (Å²) in [5.74, 6) is -0.425. The van der Waals surface area contributed by atoms with Crippen LogP contribution in [0.1, 0.15) is 48.0 Å². The normalized spacial score (nSPS) is 13.5. The summed E-state index contributed by atoms with van der Waals surface area (Å²) in [7, 11) is 1.53. The van der Waals surface area contributed by atoms with Crippen molar-refractivity contribution >= 4 is 34.7 Å². The third-order valence-corrected chi connectivity index (χ3v) is 2.82. The number of hydrogen-bond acceptors (Lipinski definition) is 4. The average molecular weight is 413 g/mol. The summed E-state index contributed by atoms with van der Waals surface area (Å²) >= 11 is 2.17. The molecule has 5 nitrogen and oxygen atoms in total. The Morgan fingerprint density at radius 1 is 1.19 bits per heavy atom. The number of hydrogen-bond donors (Lipinski definition) is 0. The second-order valence-corrected chi connectivity index (χ2v) is 9.31. The van der Waals surface area contributed by atoms with E-state index in [4.69, 9.17) is 9.47 Å². The highest BCUT2D eigenvalue weighted by Gasteiger charge is 2.29. The van der Waals surface area contributed by atoms with E-state index < -0.39 is 17.7 Å². The van der Waals surface area contributed by atoms with E-state index in [9.17, 15) is 9.59 Å². The lowest BCUT2D eigenvalue weighted by atomic mass is 9.84. The van der Waals surface area contributed by atoms with Gasteiger partial charge in [0.15, 0.2) is 0 Å². The first kappa shape index (κ1) is 20.5. The molecular weight excluding hydrogens is 385 g/mol. The maximum atomic E-state index is 11.9. The predicted molar refractivity (Wildman–Crippen MR) is 91.7 cm³/mol. The second-order valence-electron chi connectivity index (χ2n) is 7.18. The van der Waals surface area contributed by atoms with Crippen LogP contribution in [0.5, 0.6) is 0 Å². The molecule has 124 valence electrons. The molecule has 0 aliphatic rings. The highest BCUT2D eigenvalue weighted by atomic mass is 127. The molecule has 0 fully saturated rings. The van der Waals surface area contributed by atoms with E-state index >= 15 is 0 Å². The zero-order valence-corrected chi connectivity index (χ0v) is 16.3. The Balaban J connectivity index is 4.33. The van der Waals surface area contributed by atoms with Gasteiger partial charge in [0.05, 0.1) is 0 Å². The van der Waals surface area contributed by atoms with E-state index in [-0.39, 0.29) is 15.9 Å². The number of nitrogens with zero attached hydrogens (tertiary/aromatic N) is 1. The molecule has 0 saturated carbocycles. The number of amides is 1. The molecule has 0 radical (unpaired) electrons. The molecule has 0 aromatic rings. The van der Waals surface area contributed by atoms with E-state index in [2.05, 4.69) is 43.4 Å². The first-order valence-corrected chi connectivity index (χ1v) is 8.31. The Kier molecular flexibility index (Phi) is 7.99. The number of halogens is 1. The van der Waals surface area contributed by atoms with Crippen LogP contribution in [0.25, 0.3) is 0 Å². The van der Waals surface area contributed by atoms with Gasteiger partial charge in [0.1, 0.15) is 18.8 Å². The quantitative estimate of drug-likeness (QED) is 0.379. The van der Waals surface area contributed by atoms with E-state index in [1.54, 1.807) is 0 Å². The molecular formula is C15H28INO4. The third kappa shape index (κ3) is 10.8. The van der Waals surface area contributed by atoms with Crippen molar-refractivity contribution in [1.82, 2.24) is 4.90 Å². The van der Waals surface area contributed by atoms with E-state index in [1.165, 1.54) is 11.9 Å². The van der Waals surface area contributed by atoms with Gasteiger partial charge in [-0.25, -0.2) is 4.79 Å². The van der Waals surface area contributed by atoms with Crippen LogP contribution in [0.3, 0.4) is 0 Å². The fraction of sp³-hybridized carbons (Fsp3) is 0.867. The minimum Gasteiger partial charge on any atom is -0.458 e. The van der Waals surface area contributed by atoms with Gasteiger partial charge in [0.25, 0.3) is 0 Å². The number of carbonyl (C=O) groups excluding carboxylic acids is 2. The predicted octanol–water partition coefficient (Wildman–Crippen LogP) is 3.64. The lowest BCUT2D eigenvalue weighted by molar-refractivity contribution is -0.159. The minimum atomic E-state index is -0.559. The molecule has 0 heterocycles. The van der Waals surface area contributed by atoms with Crippen LogP contribution in [0.4, 0.5) is 4.79 Å². The summed E-state index contributed by atoms with van der Waals surface area (Å²) in [5, 5.41) is 0. The maximum Gasteiger partial charge on any atom is 0.410 e. The van der Waals surface area contributed by atoms with Crippen LogP contribution in [0, 0.1) is 5.41 Å². The largest absolute Gasteiger partial charge is 0.458 e. The van der Waals surface area contributed by atoms with Crippen molar-refractivity contribution in [3.05, 3.63) is 0 Å². The standard InChI is InChI=1S/C15H28INO4/c1-11(16)9-20-13(19)17(7)8-12(18)21-15(5,6)10-14(2,3)4/h11H,8-10H2,1-7H3. The Morgan fingerprint density at radius 2 is 1.71 bits per heavy atom. The van der Waals surface area contributed by atoms with Gasteiger partial charge in [-0.05, 0) is 25.7 Å². The number of alkyl halides is 1. The van der Waals surface area contributed by atoms with Crippen molar-refractivity contribution in [3.63, 3.8) is 0 Å². The highest BCUT2D eigenvalue weighted by molar-refractivity contribution is 14.1. The summed E-state index contributed by atoms with van der Waals surface area (Å²) in [5.41, 5.74) is -0.498. The van der Waals surface area contributed by atoms with Gasteiger partial charge in [-0.15, -0.1) is 0 Å². The van der Waals surface area contributed by atoms with Crippen molar-refractivity contribution in [2.24, 2.45) is 5.41 Å². The topological polar surface area (TPSA) is 55.8 Å². The summed E-state index contributed by atoms with van der Waals surface area (Å²) < 4.78 is 10.8. The van der Waals surface area contributed by atoms with E-state index in [0.717, 1.165) is 6.42 Å². The fourth-order valence-corrected chi connectivity index (χ4v) is 2.39. The molecule has 0 rings (SSSR count). The third-order valence-electron chi connectivity index (χ3n) is 2.46. The van der Waals surface area contributed by atoms with Crippen LogP contribution in [0.15, 0.2) is 0 Å². The molecule has 1 unspecified atom stereocenters. The van der Waals surface area contributed by atoms with Crippen molar-refractivity contribution < 1.29 is 19.1 Å². The Morgan fingerprint density at radius 3 is 2.14 bits per heavy atom. The smallest absolute Gasteiger partial charge is 0.410 e. The molecule has 0 bridgehead atoms. The molecule has 1 atom stereocenters. The Hall–Kier alpha value is -0.530. The van der Waals surface area contributed by atoms with Gasteiger partial charge in [-0.2, -0.15) is 0 Å². The summed E-state index contributed by atoms with van der Waals surface area (Å²) in [6, 6.07) is 0. The summed E-state index contributed by atoms with van der Waals surface area (Å²) in [4.78, 5) is 24.8. The van der Waals surface area contributed by atoms with Crippen molar-refractivity contribution in [3.8, 4) is 0 Å². The molecule has 0 aromatic carbocycles. The lowest BCUT2D eigenvalue weighted by Gasteiger charge is -2.32. The first-order chi connectivity index (χ1) is 9.32. The number of rotatable bonds is 6. The van der Waals surface area contributed by atoms with Gasteiger partial charge in [-0.3, -0.25) is 4.79 Å². The molecule has 6 heteroatoms. The lowest BCUT2D eigenvalue weighted by Crippen LogP contribution is -2.39. The van der Waals surface area contributed by atoms with Gasteiger partial charge in [0.2, 0.25) is 0 Å². The van der Waals surface area contributed by atoms with Crippen LogP contribution in [-0.2, 0) is 14.3 Å². The minimum absolute atomic E-state index is 0.0606. The summed E-state index contributed by atoms with van der Waals surface area (Å²) in [6.07, 6.45) is 0.232. The summed E-state index contributed by atoms with van der Waals surface area (Å²) in [6.45, 7) is 12.2. The van der Waals surface area contributed by atoms with E-state index in [1.807, 2.05) is 20.8 Å². The van der Waals surface area contributed by atoms with Gasteiger partial charge in [-0.1, -0.05) is 50.3 Å². The van der Waals surface area contributed by atoms with Crippen LogP contribution >= 0.6 is 22.6 Å². The molecule has 0 N–H and O–H groups in total. The fourth-order valence-electron chi connectivity index (χ4n) is 2.21. The number of ether oxygens (including phenoxy) is 2. The van der Waals surface area contributed by atoms with Gasteiger partial charge in [0, 0.05) is 11.0 Å². The molecule has 0 aliphatic carbocycles. The zero-order valence-electron chi connectivity index (χ0n) is 14.2. The van der Waals surface area contributed by atoms with Gasteiger partial charge >= 0.3 is 12.1 Å².